The second-order valence-corrected chi connectivity index (χ2v) is 4.49. The topological polar surface area (TPSA) is 45.0 Å². The third-order valence-corrected chi connectivity index (χ3v) is 2.90. The van der Waals surface area contributed by atoms with Gasteiger partial charge >= 0.3 is 0 Å². The number of anilines is 1. The molecule has 0 aromatic heterocycles. The fourth-order valence-electron chi connectivity index (χ4n) is 1.87. The molecule has 0 radical (unpaired) electrons. The zero-order valence-electron chi connectivity index (χ0n) is 11.5. The number of hydrogen-bond donors (Lipinski definition) is 1. The van der Waals surface area contributed by atoms with Crippen molar-refractivity contribution in [2.24, 2.45) is 0 Å². The van der Waals surface area contributed by atoms with Gasteiger partial charge in [0.2, 0.25) is 0 Å². The number of hydrogen-bond acceptors (Lipinski definition) is 3. The Morgan fingerprint density at radius 1 is 1.10 bits per heavy atom. The number of rotatable bonds is 6. The lowest BCUT2D eigenvalue weighted by Crippen LogP contribution is -2.08. The van der Waals surface area contributed by atoms with Crippen LogP contribution in [0, 0.1) is 11.3 Å². The Bertz CT molecular complexity index is 558. The minimum Gasteiger partial charge on any atom is -0.494 e. The van der Waals surface area contributed by atoms with Crippen LogP contribution in [-0.4, -0.2) is 6.61 Å². The Hall–Kier alpha value is -2.47. The van der Waals surface area contributed by atoms with Crippen LogP contribution < -0.4 is 10.1 Å². The van der Waals surface area contributed by atoms with Crippen molar-refractivity contribution in [3.05, 3.63) is 60.2 Å². The zero-order valence-corrected chi connectivity index (χ0v) is 11.5. The van der Waals surface area contributed by atoms with E-state index >= 15 is 0 Å². The number of nitrogens with zero attached hydrogens (tertiary/aromatic N) is 1. The van der Waals surface area contributed by atoms with Crippen molar-refractivity contribution in [3.8, 4) is 11.8 Å². The molecule has 2 aromatic carbocycles. The average Bonchev–Trinajstić information content (AvgIpc) is 2.52. The fraction of sp³-hybridized carbons (Fsp3) is 0.235. The lowest BCUT2D eigenvalue weighted by molar-refractivity contribution is 0.317. The van der Waals surface area contributed by atoms with E-state index in [2.05, 4.69) is 18.3 Å². The first-order chi connectivity index (χ1) is 9.83. The molecule has 3 heteroatoms. The van der Waals surface area contributed by atoms with Crippen LogP contribution in [0.1, 0.15) is 24.9 Å². The van der Waals surface area contributed by atoms with Gasteiger partial charge in [0.05, 0.1) is 12.7 Å². The number of ether oxygens (including phenoxy) is 1. The van der Waals surface area contributed by atoms with Gasteiger partial charge in [-0.2, -0.15) is 5.26 Å². The molecule has 0 aliphatic heterocycles. The predicted molar refractivity (Wildman–Crippen MR) is 80.6 cm³/mol. The van der Waals surface area contributed by atoms with E-state index in [1.807, 2.05) is 54.6 Å². The van der Waals surface area contributed by atoms with Crippen molar-refractivity contribution >= 4 is 5.69 Å². The highest BCUT2D eigenvalue weighted by atomic mass is 16.5. The second kappa shape index (κ2) is 7.20. The molecule has 0 saturated carbocycles. The highest BCUT2D eigenvalue weighted by molar-refractivity contribution is 5.47. The molecule has 0 bridgehead atoms. The Morgan fingerprint density at radius 3 is 2.40 bits per heavy atom. The van der Waals surface area contributed by atoms with Gasteiger partial charge in [-0.1, -0.05) is 37.3 Å². The molecule has 20 heavy (non-hydrogen) atoms. The van der Waals surface area contributed by atoms with Crippen LogP contribution in [-0.2, 0) is 0 Å². The van der Waals surface area contributed by atoms with E-state index in [0.29, 0.717) is 6.61 Å². The molecule has 0 spiro atoms. The molecule has 1 N–H and O–H groups in total. The van der Waals surface area contributed by atoms with Crippen LogP contribution >= 0.6 is 0 Å². The number of para-hydroxylation sites is 1. The van der Waals surface area contributed by atoms with Crippen molar-refractivity contribution < 1.29 is 4.74 Å². The van der Waals surface area contributed by atoms with E-state index in [4.69, 9.17) is 4.74 Å². The first-order valence-electron chi connectivity index (χ1n) is 6.77. The summed E-state index contributed by atoms with van der Waals surface area (Å²) in [6.45, 7) is 2.78. The van der Waals surface area contributed by atoms with Crippen LogP contribution in [0.3, 0.4) is 0 Å². The molecule has 0 heterocycles. The summed E-state index contributed by atoms with van der Waals surface area (Å²) in [4.78, 5) is 0. The van der Waals surface area contributed by atoms with E-state index in [9.17, 15) is 5.26 Å². The maximum atomic E-state index is 9.31. The summed E-state index contributed by atoms with van der Waals surface area (Å²) in [6.07, 6.45) is 0.984. The second-order valence-electron chi connectivity index (χ2n) is 4.49. The quantitative estimate of drug-likeness (QED) is 0.854. The van der Waals surface area contributed by atoms with Crippen molar-refractivity contribution in [2.45, 2.75) is 19.4 Å². The van der Waals surface area contributed by atoms with Crippen molar-refractivity contribution in [1.29, 1.82) is 5.26 Å². The molecule has 0 fully saturated rings. The lowest BCUT2D eigenvalue weighted by Gasteiger charge is -2.14. The first-order valence-corrected chi connectivity index (χ1v) is 6.77. The largest absolute Gasteiger partial charge is 0.494 e. The Kier molecular flexibility index (Phi) is 5.02. The standard InChI is InChI=1S/C17H18N2O/c1-2-12-20-16-10-8-14(9-11-16)17(13-18)19-15-6-4-3-5-7-15/h3-11,17,19H,2,12H2,1H3. The predicted octanol–water partition coefficient (Wildman–Crippen LogP) is 4.15. The van der Waals surface area contributed by atoms with Crippen LogP contribution in [0.15, 0.2) is 54.6 Å². The van der Waals surface area contributed by atoms with Gasteiger partial charge in [0.15, 0.2) is 0 Å². The van der Waals surface area contributed by atoms with Crippen molar-refractivity contribution in [3.63, 3.8) is 0 Å². The van der Waals surface area contributed by atoms with Crippen molar-refractivity contribution in [2.75, 3.05) is 11.9 Å². The Morgan fingerprint density at radius 2 is 1.80 bits per heavy atom. The highest BCUT2D eigenvalue weighted by Crippen LogP contribution is 2.21. The maximum Gasteiger partial charge on any atom is 0.140 e. The van der Waals surface area contributed by atoms with Crippen LogP contribution in [0.5, 0.6) is 5.75 Å². The monoisotopic (exact) mass is 266 g/mol. The SMILES string of the molecule is CCCOc1ccc(C(C#N)Nc2ccccc2)cc1. The molecule has 2 rings (SSSR count). The maximum absolute atomic E-state index is 9.31. The summed E-state index contributed by atoms with van der Waals surface area (Å²) >= 11 is 0. The summed E-state index contributed by atoms with van der Waals surface area (Å²) in [5.74, 6) is 0.840. The molecule has 0 aliphatic carbocycles. The molecule has 3 nitrogen and oxygen atoms in total. The zero-order chi connectivity index (χ0) is 14.2. The minimum absolute atomic E-state index is 0.363. The highest BCUT2D eigenvalue weighted by Gasteiger charge is 2.10. The number of nitriles is 1. The molecule has 0 saturated heterocycles. The minimum atomic E-state index is -0.363. The van der Waals surface area contributed by atoms with E-state index < -0.39 is 0 Å². The average molecular weight is 266 g/mol. The molecule has 0 amide bonds. The van der Waals surface area contributed by atoms with Gasteiger partial charge in [-0.15, -0.1) is 0 Å². The summed E-state index contributed by atoms with van der Waals surface area (Å²) in [7, 11) is 0. The molecule has 1 unspecified atom stereocenters. The molecule has 102 valence electrons. The first kappa shape index (κ1) is 14.0. The van der Waals surface area contributed by atoms with E-state index in [-0.39, 0.29) is 6.04 Å². The molecule has 1 atom stereocenters. The Labute approximate surface area is 119 Å². The molecular formula is C17H18N2O. The fourth-order valence-corrected chi connectivity index (χ4v) is 1.87. The molecule has 0 aliphatic rings. The van der Waals surface area contributed by atoms with Gasteiger partial charge in [-0.05, 0) is 36.2 Å². The molecule has 2 aromatic rings. The van der Waals surface area contributed by atoms with Crippen LogP contribution in [0.25, 0.3) is 0 Å². The summed E-state index contributed by atoms with van der Waals surface area (Å²) < 4.78 is 5.54. The number of benzene rings is 2. The van der Waals surface area contributed by atoms with Gasteiger partial charge < -0.3 is 10.1 Å². The van der Waals surface area contributed by atoms with E-state index in [1.54, 1.807) is 0 Å². The normalized spacial score (nSPS) is 11.4. The summed E-state index contributed by atoms with van der Waals surface area (Å²) in [5, 5.41) is 12.5. The van der Waals surface area contributed by atoms with Crippen LogP contribution in [0.4, 0.5) is 5.69 Å². The van der Waals surface area contributed by atoms with E-state index in [1.165, 1.54) is 0 Å². The third-order valence-electron chi connectivity index (χ3n) is 2.90. The van der Waals surface area contributed by atoms with Crippen LogP contribution in [0.2, 0.25) is 0 Å². The third kappa shape index (κ3) is 3.76. The lowest BCUT2D eigenvalue weighted by atomic mass is 10.1. The number of nitrogens with one attached hydrogen (secondary N) is 1. The van der Waals surface area contributed by atoms with Gasteiger partial charge in [-0.3, -0.25) is 0 Å². The summed E-state index contributed by atoms with van der Waals surface area (Å²) in [5.41, 5.74) is 1.87. The smallest absolute Gasteiger partial charge is 0.140 e. The van der Waals surface area contributed by atoms with Crippen molar-refractivity contribution in [1.82, 2.24) is 0 Å². The van der Waals surface area contributed by atoms with Gasteiger partial charge in [-0.25, -0.2) is 0 Å². The summed E-state index contributed by atoms with van der Waals surface area (Å²) in [6, 6.07) is 19.3. The van der Waals surface area contributed by atoms with Gasteiger partial charge in [0.25, 0.3) is 0 Å². The molecular weight excluding hydrogens is 248 g/mol. The van der Waals surface area contributed by atoms with Gasteiger partial charge in [0, 0.05) is 5.69 Å². The Balaban J connectivity index is 2.06. The van der Waals surface area contributed by atoms with Gasteiger partial charge in [0.1, 0.15) is 11.8 Å². The van der Waals surface area contributed by atoms with E-state index in [0.717, 1.165) is 23.4 Å².